The van der Waals surface area contributed by atoms with Crippen LogP contribution in [0.4, 0.5) is 0 Å². The van der Waals surface area contributed by atoms with Crippen molar-refractivity contribution in [1.29, 1.82) is 0 Å². The average Bonchev–Trinajstić information content (AvgIpc) is 2.63. The van der Waals surface area contributed by atoms with Gasteiger partial charge in [-0.05, 0) is 31.4 Å². The van der Waals surface area contributed by atoms with Crippen molar-refractivity contribution in [1.82, 2.24) is 15.3 Å². The first-order valence-corrected chi connectivity index (χ1v) is 9.43. The fraction of sp³-hybridized carbons (Fsp3) is 0.250. The summed E-state index contributed by atoms with van der Waals surface area (Å²) in [5.41, 5.74) is 1.81. The molecule has 0 spiro atoms. The zero-order valence-electron chi connectivity index (χ0n) is 14.9. The minimum atomic E-state index is -0.0562. The van der Waals surface area contributed by atoms with Crippen molar-refractivity contribution in [3.8, 4) is 5.75 Å². The van der Waals surface area contributed by atoms with E-state index in [1.54, 1.807) is 0 Å². The number of nitrogens with one attached hydrogen (secondary N) is 1. The molecule has 134 valence electrons. The van der Waals surface area contributed by atoms with Gasteiger partial charge in [-0.1, -0.05) is 48.2 Å². The largest absolute Gasteiger partial charge is 0.491 e. The van der Waals surface area contributed by atoms with E-state index < -0.39 is 0 Å². The Hall–Kier alpha value is -2.60. The van der Waals surface area contributed by atoms with Crippen molar-refractivity contribution >= 4 is 28.4 Å². The number of ether oxygens (including phenoxy) is 1. The van der Waals surface area contributed by atoms with Crippen LogP contribution in [-0.4, -0.2) is 34.8 Å². The highest BCUT2D eigenvalue weighted by Crippen LogP contribution is 2.24. The molecule has 0 aliphatic heterocycles. The highest BCUT2D eigenvalue weighted by Gasteiger charge is 2.06. The molecule has 3 rings (SSSR count). The van der Waals surface area contributed by atoms with E-state index in [4.69, 9.17) is 4.74 Å². The predicted molar refractivity (Wildman–Crippen MR) is 105 cm³/mol. The van der Waals surface area contributed by atoms with Gasteiger partial charge in [0.25, 0.3) is 0 Å². The Kier molecular flexibility index (Phi) is 6.07. The summed E-state index contributed by atoms with van der Waals surface area (Å²) in [7, 11) is 0. The summed E-state index contributed by atoms with van der Waals surface area (Å²) in [6.07, 6.45) is 0. The number of benzene rings is 2. The Labute approximate surface area is 157 Å². The molecule has 0 saturated carbocycles. The molecule has 1 N–H and O–H groups in total. The Bertz CT molecular complexity index is 889. The van der Waals surface area contributed by atoms with Crippen LogP contribution >= 0.6 is 11.8 Å². The molecule has 0 bridgehead atoms. The van der Waals surface area contributed by atoms with Crippen LogP contribution in [0.15, 0.2) is 53.7 Å². The number of hydrogen-bond donors (Lipinski definition) is 1. The molecule has 0 aliphatic carbocycles. The second kappa shape index (κ2) is 8.67. The topological polar surface area (TPSA) is 64.1 Å². The van der Waals surface area contributed by atoms with E-state index in [-0.39, 0.29) is 11.7 Å². The van der Waals surface area contributed by atoms with E-state index in [1.807, 2.05) is 50.2 Å². The van der Waals surface area contributed by atoms with E-state index in [0.29, 0.717) is 18.3 Å². The van der Waals surface area contributed by atoms with Gasteiger partial charge >= 0.3 is 0 Å². The van der Waals surface area contributed by atoms with Crippen molar-refractivity contribution in [2.24, 2.45) is 0 Å². The lowest BCUT2D eigenvalue weighted by Gasteiger charge is -2.10. The number of carbonyl (C=O) groups excluding carboxylic acids is 1. The van der Waals surface area contributed by atoms with Crippen molar-refractivity contribution in [3.63, 3.8) is 0 Å². The number of rotatable bonds is 7. The number of aromatic nitrogens is 2. The second-order valence-electron chi connectivity index (χ2n) is 5.90. The van der Waals surface area contributed by atoms with Gasteiger partial charge in [0.1, 0.15) is 12.4 Å². The van der Waals surface area contributed by atoms with Gasteiger partial charge in [-0.25, -0.2) is 9.97 Å². The number of thioether (sulfide) groups is 1. The number of carbonyl (C=O) groups is 1. The summed E-state index contributed by atoms with van der Waals surface area (Å²) in [5.74, 6) is 1.06. The van der Waals surface area contributed by atoms with Crippen LogP contribution in [-0.2, 0) is 4.79 Å². The minimum absolute atomic E-state index is 0.0562. The zero-order chi connectivity index (χ0) is 18.4. The molecule has 0 atom stereocenters. The fourth-order valence-corrected chi connectivity index (χ4v) is 3.39. The van der Waals surface area contributed by atoms with Crippen molar-refractivity contribution < 1.29 is 9.53 Å². The van der Waals surface area contributed by atoms with Crippen LogP contribution < -0.4 is 10.1 Å². The third-order valence-corrected chi connectivity index (χ3v) is 4.57. The summed E-state index contributed by atoms with van der Waals surface area (Å²) >= 11 is 1.34. The van der Waals surface area contributed by atoms with Crippen molar-refractivity contribution in [3.05, 3.63) is 59.9 Å². The molecule has 6 heteroatoms. The van der Waals surface area contributed by atoms with E-state index in [9.17, 15) is 4.79 Å². The van der Waals surface area contributed by atoms with Crippen molar-refractivity contribution in [2.45, 2.75) is 19.0 Å². The molecule has 5 nitrogen and oxygen atoms in total. The monoisotopic (exact) mass is 367 g/mol. The maximum Gasteiger partial charge on any atom is 0.230 e. The minimum Gasteiger partial charge on any atom is -0.491 e. The quantitative estimate of drug-likeness (QED) is 0.393. The van der Waals surface area contributed by atoms with Gasteiger partial charge in [0.15, 0.2) is 5.16 Å². The number of amides is 1. The van der Waals surface area contributed by atoms with Gasteiger partial charge in [-0.15, -0.1) is 0 Å². The lowest BCUT2D eigenvalue weighted by molar-refractivity contribution is -0.118. The Morgan fingerprint density at radius 2 is 1.81 bits per heavy atom. The molecule has 1 heterocycles. The van der Waals surface area contributed by atoms with E-state index >= 15 is 0 Å². The number of aryl methyl sites for hydroxylation is 2. The van der Waals surface area contributed by atoms with Crippen LogP contribution in [0.5, 0.6) is 5.75 Å². The van der Waals surface area contributed by atoms with E-state index in [0.717, 1.165) is 27.9 Å². The molecule has 0 saturated heterocycles. The van der Waals surface area contributed by atoms with Gasteiger partial charge in [0.05, 0.1) is 12.3 Å². The molecule has 0 fully saturated rings. The summed E-state index contributed by atoms with van der Waals surface area (Å²) in [6, 6.07) is 16.0. The number of nitrogens with zero attached hydrogens (tertiary/aromatic N) is 2. The molecular weight excluding hydrogens is 346 g/mol. The smallest absolute Gasteiger partial charge is 0.230 e. The maximum absolute atomic E-state index is 12.0. The Morgan fingerprint density at radius 3 is 2.62 bits per heavy atom. The Morgan fingerprint density at radius 1 is 1.08 bits per heavy atom. The number of fused-ring (bicyclic) bond motifs is 1. The van der Waals surface area contributed by atoms with Crippen LogP contribution in [0.2, 0.25) is 0 Å². The molecular formula is C20H21N3O2S. The van der Waals surface area contributed by atoms with Crippen LogP contribution in [0.3, 0.4) is 0 Å². The molecule has 26 heavy (non-hydrogen) atoms. The van der Waals surface area contributed by atoms with Crippen LogP contribution in [0, 0.1) is 13.8 Å². The lowest BCUT2D eigenvalue weighted by atomic mass is 10.1. The first-order chi connectivity index (χ1) is 12.6. The normalized spacial score (nSPS) is 10.7. The zero-order valence-corrected chi connectivity index (χ0v) is 15.7. The van der Waals surface area contributed by atoms with Crippen molar-refractivity contribution in [2.75, 3.05) is 18.9 Å². The van der Waals surface area contributed by atoms with E-state index in [1.165, 1.54) is 11.8 Å². The van der Waals surface area contributed by atoms with E-state index in [2.05, 4.69) is 27.4 Å². The third kappa shape index (κ3) is 4.95. The van der Waals surface area contributed by atoms with Gasteiger partial charge in [-0.2, -0.15) is 0 Å². The standard InChI is InChI=1S/C20H21N3O2S/c1-14-12-15(2)23-20(22-14)26-13-19(24)21-10-11-25-18-9-5-7-16-6-3-4-8-17(16)18/h3-9,12H,10-11,13H2,1-2H3,(H,21,24). The maximum atomic E-state index is 12.0. The van der Waals surface area contributed by atoms with Gasteiger partial charge in [-0.3, -0.25) is 4.79 Å². The van der Waals surface area contributed by atoms with Gasteiger partial charge < -0.3 is 10.1 Å². The molecule has 0 radical (unpaired) electrons. The second-order valence-corrected chi connectivity index (χ2v) is 6.84. The molecule has 0 aliphatic rings. The first kappa shape index (κ1) is 18.2. The summed E-state index contributed by atoms with van der Waals surface area (Å²) < 4.78 is 5.82. The summed E-state index contributed by atoms with van der Waals surface area (Å²) in [6.45, 7) is 4.72. The number of hydrogen-bond acceptors (Lipinski definition) is 5. The Balaban J connectivity index is 1.44. The molecule has 2 aromatic carbocycles. The fourth-order valence-electron chi connectivity index (χ4n) is 2.61. The average molecular weight is 367 g/mol. The van der Waals surface area contributed by atoms with Crippen LogP contribution in [0.1, 0.15) is 11.4 Å². The van der Waals surface area contributed by atoms with Gasteiger partial charge in [0.2, 0.25) is 5.91 Å². The molecule has 3 aromatic rings. The highest BCUT2D eigenvalue weighted by molar-refractivity contribution is 7.99. The molecule has 0 unspecified atom stereocenters. The molecule has 1 aromatic heterocycles. The highest BCUT2D eigenvalue weighted by atomic mass is 32.2. The first-order valence-electron chi connectivity index (χ1n) is 8.44. The van der Waals surface area contributed by atoms with Crippen LogP contribution in [0.25, 0.3) is 10.8 Å². The lowest BCUT2D eigenvalue weighted by Crippen LogP contribution is -2.29. The molecule has 1 amide bonds. The summed E-state index contributed by atoms with van der Waals surface area (Å²) in [4.78, 5) is 20.6. The predicted octanol–water partition coefficient (Wildman–Crippen LogP) is 3.53. The third-order valence-electron chi connectivity index (χ3n) is 3.73. The SMILES string of the molecule is Cc1cc(C)nc(SCC(=O)NCCOc2cccc3ccccc23)n1. The summed E-state index contributed by atoms with van der Waals surface area (Å²) in [5, 5.41) is 5.70. The van der Waals surface area contributed by atoms with Gasteiger partial charge in [0, 0.05) is 16.8 Å².